The highest BCUT2D eigenvalue weighted by molar-refractivity contribution is 14.0. The summed E-state index contributed by atoms with van der Waals surface area (Å²) in [6.45, 7) is 1.09. The molecule has 0 heterocycles. The summed E-state index contributed by atoms with van der Waals surface area (Å²) in [5.74, 6) is 0.619. The second-order valence-corrected chi connectivity index (χ2v) is 7.35. The number of aliphatic imine (C=N–C) groups is 1. The smallest absolute Gasteiger partial charge is 0.238 e. The van der Waals surface area contributed by atoms with Gasteiger partial charge in [-0.2, -0.15) is 0 Å². The minimum Gasteiger partial charge on any atom is -0.356 e. The minimum atomic E-state index is -3.70. The zero-order chi connectivity index (χ0) is 18.3. The lowest BCUT2D eigenvalue weighted by molar-refractivity contribution is 0.597. The summed E-state index contributed by atoms with van der Waals surface area (Å²) < 4.78 is 22.8. The summed E-state index contributed by atoms with van der Waals surface area (Å²) in [5.41, 5.74) is 1.86. The topological polar surface area (TPSA) is 96.6 Å². The van der Waals surface area contributed by atoms with Gasteiger partial charge in [0.1, 0.15) is 0 Å². The van der Waals surface area contributed by atoms with Crippen LogP contribution in [0.2, 0.25) is 5.02 Å². The first kappa shape index (κ1) is 22.7. The van der Waals surface area contributed by atoms with Gasteiger partial charge in [0.15, 0.2) is 5.96 Å². The summed E-state index contributed by atoms with van der Waals surface area (Å²) in [7, 11) is -2.03. The molecule has 0 aromatic heterocycles. The van der Waals surface area contributed by atoms with Crippen LogP contribution in [-0.4, -0.2) is 28.0 Å². The molecule has 2 aromatic rings. The van der Waals surface area contributed by atoms with Crippen molar-refractivity contribution in [2.24, 2.45) is 10.1 Å². The van der Waals surface area contributed by atoms with Crippen molar-refractivity contribution in [3.8, 4) is 0 Å². The van der Waals surface area contributed by atoms with Crippen LogP contribution in [0, 0.1) is 0 Å². The first-order chi connectivity index (χ1) is 11.9. The summed E-state index contributed by atoms with van der Waals surface area (Å²) in [5, 5.41) is 12.2. The van der Waals surface area contributed by atoms with E-state index in [2.05, 4.69) is 15.6 Å². The quantitative estimate of drug-likeness (QED) is 0.317. The van der Waals surface area contributed by atoms with Crippen LogP contribution in [0.25, 0.3) is 0 Å². The predicted octanol–water partition coefficient (Wildman–Crippen LogP) is 2.51. The van der Waals surface area contributed by atoms with Crippen LogP contribution in [-0.2, 0) is 23.0 Å². The summed E-state index contributed by atoms with van der Waals surface area (Å²) in [6.07, 6.45) is 0.765. The zero-order valence-corrected chi connectivity index (χ0v) is 18.2. The fourth-order valence-electron chi connectivity index (χ4n) is 2.26. The Morgan fingerprint density at radius 3 is 2.54 bits per heavy atom. The van der Waals surface area contributed by atoms with Crippen LogP contribution in [0.1, 0.15) is 11.1 Å². The van der Waals surface area contributed by atoms with Crippen LogP contribution >= 0.6 is 35.6 Å². The molecule has 0 aliphatic rings. The molecule has 2 rings (SSSR count). The first-order valence-electron chi connectivity index (χ1n) is 7.70. The average Bonchev–Trinajstić information content (AvgIpc) is 2.59. The lowest BCUT2D eigenvalue weighted by Gasteiger charge is -2.13. The van der Waals surface area contributed by atoms with Crippen molar-refractivity contribution < 1.29 is 8.42 Å². The number of hydrogen-bond acceptors (Lipinski definition) is 3. The third-order valence-corrected chi connectivity index (χ3v) is 4.83. The maximum absolute atomic E-state index is 11.4. The van der Waals surface area contributed by atoms with E-state index in [1.807, 2.05) is 30.3 Å². The molecule has 9 heteroatoms. The van der Waals surface area contributed by atoms with Gasteiger partial charge in [-0.15, -0.1) is 24.0 Å². The molecule has 0 aliphatic heterocycles. The van der Waals surface area contributed by atoms with Gasteiger partial charge in [-0.1, -0.05) is 41.9 Å². The van der Waals surface area contributed by atoms with E-state index in [0.717, 1.165) is 22.6 Å². The van der Waals surface area contributed by atoms with Crippen molar-refractivity contribution >= 4 is 51.6 Å². The normalized spacial score (nSPS) is 11.6. The second-order valence-electron chi connectivity index (χ2n) is 5.39. The highest BCUT2D eigenvalue weighted by Crippen LogP contribution is 2.14. The Kier molecular flexibility index (Phi) is 9.34. The number of primary sulfonamides is 1. The largest absolute Gasteiger partial charge is 0.356 e. The van der Waals surface area contributed by atoms with Crippen molar-refractivity contribution in [1.82, 2.24) is 10.6 Å². The van der Waals surface area contributed by atoms with Gasteiger partial charge >= 0.3 is 0 Å². The second kappa shape index (κ2) is 10.7. The monoisotopic (exact) mass is 508 g/mol. The third kappa shape index (κ3) is 7.10. The third-order valence-electron chi connectivity index (χ3n) is 3.56. The number of nitrogens with one attached hydrogen (secondary N) is 2. The number of nitrogens with zero attached hydrogens (tertiary/aromatic N) is 1. The number of guanidine groups is 1. The standard InChI is InChI=1S/C17H21ClN4O2S.HI/c1-20-17(21-10-9-14-6-2-3-8-16(14)18)22-12-13-5-4-7-15(11-13)25(19,23)24;/h2-8,11H,9-10,12H2,1H3,(H2,19,23,24)(H2,20,21,22);1H. The fourth-order valence-corrected chi connectivity index (χ4v) is 3.07. The number of rotatable bonds is 6. The molecule has 0 unspecified atom stereocenters. The Morgan fingerprint density at radius 1 is 1.15 bits per heavy atom. The molecule has 0 radical (unpaired) electrons. The highest BCUT2D eigenvalue weighted by Gasteiger charge is 2.08. The van der Waals surface area contributed by atoms with Crippen LogP contribution in [0.4, 0.5) is 0 Å². The lowest BCUT2D eigenvalue weighted by atomic mass is 10.1. The molecule has 4 N–H and O–H groups in total. The first-order valence-corrected chi connectivity index (χ1v) is 9.62. The molecule has 0 amide bonds. The molecule has 0 aliphatic carbocycles. The molecule has 26 heavy (non-hydrogen) atoms. The van der Waals surface area contributed by atoms with Gasteiger partial charge in [-0.05, 0) is 35.7 Å². The number of hydrogen-bond donors (Lipinski definition) is 3. The van der Waals surface area contributed by atoms with Crippen LogP contribution in [0.15, 0.2) is 58.4 Å². The molecule has 0 saturated carbocycles. The van der Waals surface area contributed by atoms with Gasteiger partial charge < -0.3 is 10.6 Å². The Hall–Kier alpha value is -1.36. The average molecular weight is 509 g/mol. The zero-order valence-electron chi connectivity index (χ0n) is 14.3. The summed E-state index contributed by atoms with van der Waals surface area (Å²) in [4.78, 5) is 4.24. The van der Waals surface area contributed by atoms with Gasteiger partial charge in [0.05, 0.1) is 4.90 Å². The van der Waals surface area contributed by atoms with E-state index in [1.165, 1.54) is 6.07 Å². The Labute approximate surface area is 176 Å². The Bertz CT molecular complexity index is 859. The van der Waals surface area contributed by atoms with E-state index in [1.54, 1.807) is 19.2 Å². The Balaban J connectivity index is 0.00000338. The van der Waals surface area contributed by atoms with Crippen LogP contribution in [0.5, 0.6) is 0 Å². The van der Waals surface area contributed by atoms with E-state index in [4.69, 9.17) is 16.7 Å². The Morgan fingerprint density at radius 2 is 1.88 bits per heavy atom. The van der Waals surface area contributed by atoms with E-state index in [-0.39, 0.29) is 28.9 Å². The van der Waals surface area contributed by atoms with Crippen LogP contribution in [0.3, 0.4) is 0 Å². The van der Waals surface area contributed by atoms with Crippen molar-refractivity contribution in [1.29, 1.82) is 0 Å². The van der Waals surface area contributed by atoms with Crippen LogP contribution < -0.4 is 15.8 Å². The van der Waals surface area contributed by atoms with Gasteiger partial charge in [-0.3, -0.25) is 4.99 Å². The number of benzene rings is 2. The van der Waals surface area contributed by atoms with Crippen molar-refractivity contribution in [3.63, 3.8) is 0 Å². The molecule has 0 bridgehead atoms. The number of nitrogens with two attached hydrogens (primary N) is 1. The molecule has 0 atom stereocenters. The highest BCUT2D eigenvalue weighted by atomic mass is 127. The SMILES string of the molecule is CN=C(NCCc1ccccc1Cl)NCc1cccc(S(N)(=O)=O)c1.I. The van der Waals surface area contributed by atoms with Crippen molar-refractivity contribution in [2.45, 2.75) is 17.9 Å². The number of halogens is 2. The minimum absolute atomic E-state index is 0. The molecule has 0 spiro atoms. The summed E-state index contributed by atoms with van der Waals surface area (Å²) >= 11 is 6.13. The fraction of sp³-hybridized carbons (Fsp3) is 0.235. The van der Waals surface area contributed by atoms with Gasteiger partial charge in [0.2, 0.25) is 10.0 Å². The maximum atomic E-state index is 11.4. The molecular weight excluding hydrogens is 487 g/mol. The van der Waals surface area contributed by atoms with Gasteiger partial charge in [0, 0.05) is 25.2 Å². The molecular formula is C17H22ClIN4O2S. The van der Waals surface area contributed by atoms with E-state index in [9.17, 15) is 8.42 Å². The predicted molar refractivity (Wildman–Crippen MR) is 117 cm³/mol. The molecule has 2 aromatic carbocycles. The lowest BCUT2D eigenvalue weighted by Crippen LogP contribution is -2.37. The molecule has 142 valence electrons. The number of sulfonamides is 1. The van der Waals surface area contributed by atoms with Crippen molar-refractivity contribution in [3.05, 3.63) is 64.7 Å². The molecule has 0 saturated heterocycles. The van der Waals surface area contributed by atoms with Gasteiger partial charge in [-0.25, -0.2) is 13.6 Å². The summed E-state index contributed by atoms with van der Waals surface area (Å²) in [6, 6.07) is 14.2. The van der Waals surface area contributed by atoms with Crippen molar-refractivity contribution in [2.75, 3.05) is 13.6 Å². The van der Waals surface area contributed by atoms with E-state index < -0.39 is 10.0 Å². The molecule has 6 nitrogen and oxygen atoms in total. The van der Waals surface area contributed by atoms with E-state index in [0.29, 0.717) is 19.0 Å². The van der Waals surface area contributed by atoms with Gasteiger partial charge in [0.25, 0.3) is 0 Å². The maximum Gasteiger partial charge on any atom is 0.238 e. The molecule has 0 fully saturated rings. The van der Waals surface area contributed by atoms with E-state index >= 15 is 0 Å².